The van der Waals surface area contributed by atoms with Crippen LogP contribution in [0, 0.1) is 0 Å². The van der Waals surface area contributed by atoms with Crippen molar-refractivity contribution >= 4 is 11.6 Å². The second-order valence-corrected chi connectivity index (χ2v) is 5.45. The maximum Gasteiger partial charge on any atom is 0.416 e. The number of carbonyl (C=O) groups is 1. The van der Waals surface area contributed by atoms with Gasteiger partial charge in [-0.25, -0.2) is 0 Å². The van der Waals surface area contributed by atoms with Crippen molar-refractivity contribution in [2.45, 2.75) is 19.0 Å². The molecule has 2 rings (SSSR count). The van der Waals surface area contributed by atoms with Crippen LogP contribution in [0.15, 0.2) is 24.3 Å². The highest BCUT2D eigenvalue weighted by atomic mass is 19.4. The van der Waals surface area contributed by atoms with E-state index < -0.39 is 11.7 Å². The van der Waals surface area contributed by atoms with Crippen LogP contribution in [-0.4, -0.2) is 43.5 Å². The third-order valence-electron chi connectivity index (χ3n) is 3.81. The summed E-state index contributed by atoms with van der Waals surface area (Å²) in [6.07, 6.45) is -3.22. The smallest absolute Gasteiger partial charge is 0.370 e. The predicted octanol–water partition coefficient (Wildman–Crippen LogP) is 2.09. The van der Waals surface area contributed by atoms with Crippen molar-refractivity contribution in [3.8, 4) is 0 Å². The molecule has 0 spiro atoms. The van der Waals surface area contributed by atoms with E-state index in [1.165, 1.54) is 12.1 Å². The number of primary amides is 1. The van der Waals surface area contributed by atoms with Gasteiger partial charge in [-0.15, -0.1) is 0 Å². The molecule has 0 saturated carbocycles. The maximum atomic E-state index is 12.7. The predicted molar refractivity (Wildman–Crippen MR) is 78.5 cm³/mol. The number of carbonyl (C=O) groups excluding carboxylic acids is 1. The number of benzene rings is 1. The number of nitrogens with zero attached hydrogens (tertiary/aromatic N) is 2. The topological polar surface area (TPSA) is 49.6 Å². The molecular formula is C15H20F3N3O. The van der Waals surface area contributed by atoms with Gasteiger partial charge in [0.2, 0.25) is 5.91 Å². The standard InChI is InChI=1S/C15H20F3N3O/c16-15(17,18)12-3-1-4-13(11-12)21-9-7-20(8-10-21)6-2-5-14(19)22/h1,3-4,11H,2,5-10H2,(H2,19,22). The number of rotatable bonds is 5. The van der Waals surface area contributed by atoms with Crippen LogP contribution < -0.4 is 10.6 Å². The zero-order valence-electron chi connectivity index (χ0n) is 12.3. The molecule has 0 bridgehead atoms. The van der Waals surface area contributed by atoms with Crippen LogP contribution in [0.1, 0.15) is 18.4 Å². The summed E-state index contributed by atoms with van der Waals surface area (Å²) in [6.45, 7) is 3.69. The molecule has 1 amide bonds. The highest BCUT2D eigenvalue weighted by Crippen LogP contribution is 2.31. The summed E-state index contributed by atoms with van der Waals surface area (Å²) in [5.41, 5.74) is 5.08. The summed E-state index contributed by atoms with van der Waals surface area (Å²) in [5.74, 6) is -0.303. The average Bonchev–Trinajstić information content (AvgIpc) is 2.47. The van der Waals surface area contributed by atoms with Gasteiger partial charge in [-0.3, -0.25) is 9.69 Å². The molecular weight excluding hydrogens is 295 g/mol. The number of piperazine rings is 1. The average molecular weight is 315 g/mol. The molecule has 1 aromatic carbocycles. The zero-order valence-corrected chi connectivity index (χ0v) is 12.3. The van der Waals surface area contributed by atoms with E-state index in [0.29, 0.717) is 25.2 Å². The lowest BCUT2D eigenvalue weighted by molar-refractivity contribution is -0.137. The Hall–Kier alpha value is -1.76. The first-order chi connectivity index (χ1) is 10.4. The highest BCUT2D eigenvalue weighted by molar-refractivity contribution is 5.73. The van der Waals surface area contributed by atoms with Crippen LogP contribution in [-0.2, 0) is 11.0 Å². The fourth-order valence-corrected chi connectivity index (χ4v) is 2.59. The zero-order chi connectivity index (χ0) is 16.2. The van der Waals surface area contributed by atoms with Crippen LogP contribution in [0.3, 0.4) is 0 Å². The summed E-state index contributed by atoms with van der Waals surface area (Å²) in [6, 6.07) is 5.43. The molecule has 0 aromatic heterocycles. The van der Waals surface area contributed by atoms with E-state index in [1.807, 2.05) is 4.90 Å². The summed E-state index contributed by atoms with van der Waals surface area (Å²) < 4.78 is 38.2. The summed E-state index contributed by atoms with van der Waals surface area (Å²) in [4.78, 5) is 14.9. The van der Waals surface area contributed by atoms with Gasteiger partial charge in [-0.2, -0.15) is 13.2 Å². The Morgan fingerprint density at radius 1 is 1.18 bits per heavy atom. The molecule has 0 aliphatic carbocycles. The van der Waals surface area contributed by atoms with Gasteiger partial charge in [0.05, 0.1) is 5.56 Å². The van der Waals surface area contributed by atoms with Crippen molar-refractivity contribution in [3.05, 3.63) is 29.8 Å². The summed E-state index contributed by atoms with van der Waals surface area (Å²) in [7, 11) is 0. The second kappa shape index (κ2) is 7.00. The minimum absolute atomic E-state index is 0.303. The first-order valence-corrected chi connectivity index (χ1v) is 7.29. The third-order valence-corrected chi connectivity index (χ3v) is 3.81. The van der Waals surface area contributed by atoms with Gasteiger partial charge in [0.25, 0.3) is 0 Å². The van der Waals surface area contributed by atoms with Gasteiger partial charge in [-0.05, 0) is 31.2 Å². The van der Waals surface area contributed by atoms with Gasteiger partial charge in [0.1, 0.15) is 0 Å². The Morgan fingerprint density at radius 3 is 2.45 bits per heavy atom. The molecule has 7 heteroatoms. The van der Waals surface area contributed by atoms with Gasteiger partial charge >= 0.3 is 6.18 Å². The number of hydrogen-bond donors (Lipinski definition) is 1. The molecule has 1 fully saturated rings. The largest absolute Gasteiger partial charge is 0.416 e. The first-order valence-electron chi connectivity index (χ1n) is 7.29. The fraction of sp³-hybridized carbons (Fsp3) is 0.533. The van der Waals surface area contributed by atoms with Crippen LogP contribution in [0.25, 0.3) is 0 Å². The number of amides is 1. The molecule has 0 radical (unpaired) electrons. The third kappa shape index (κ3) is 4.62. The van der Waals surface area contributed by atoms with Crippen LogP contribution in [0.4, 0.5) is 18.9 Å². The van der Waals surface area contributed by atoms with Crippen molar-refractivity contribution in [1.29, 1.82) is 0 Å². The van der Waals surface area contributed by atoms with E-state index in [2.05, 4.69) is 4.90 Å². The Kier molecular flexibility index (Phi) is 5.28. The summed E-state index contributed by atoms with van der Waals surface area (Å²) >= 11 is 0. The molecule has 2 N–H and O–H groups in total. The number of alkyl halides is 3. The molecule has 22 heavy (non-hydrogen) atoms. The molecule has 0 unspecified atom stereocenters. The normalized spacial score (nSPS) is 16.8. The molecule has 1 aliphatic rings. The molecule has 1 aliphatic heterocycles. The Balaban J connectivity index is 1.88. The van der Waals surface area contributed by atoms with Crippen LogP contribution >= 0.6 is 0 Å². The highest BCUT2D eigenvalue weighted by Gasteiger charge is 2.31. The van der Waals surface area contributed by atoms with Crippen molar-refractivity contribution in [3.63, 3.8) is 0 Å². The van der Waals surface area contributed by atoms with Crippen molar-refractivity contribution < 1.29 is 18.0 Å². The lowest BCUT2D eigenvalue weighted by Gasteiger charge is -2.36. The van der Waals surface area contributed by atoms with Crippen molar-refractivity contribution in [2.24, 2.45) is 5.73 Å². The van der Waals surface area contributed by atoms with E-state index in [-0.39, 0.29) is 5.91 Å². The monoisotopic (exact) mass is 315 g/mol. The fourth-order valence-electron chi connectivity index (χ4n) is 2.59. The number of nitrogens with two attached hydrogens (primary N) is 1. The minimum atomic E-state index is -4.31. The molecule has 1 aromatic rings. The lowest BCUT2D eigenvalue weighted by Crippen LogP contribution is -2.46. The van der Waals surface area contributed by atoms with E-state index in [4.69, 9.17) is 5.73 Å². The molecule has 1 saturated heterocycles. The van der Waals surface area contributed by atoms with E-state index in [1.54, 1.807) is 6.07 Å². The van der Waals surface area contributed by atoms with Crippen LogP contribution in [0.5, 0.6) is 0 Å². The van der Waals surface area contributed by atoms with Gasteiger partial charge in [0, 0.05) is 38.3 Å². The maximum absolute atomic E-state index is 12.7. The molecule has 4 nitrogen and oxygen atoms in total. The first kappa shape index (κ1) is 16.6. The molecule has 122 valence electrons. The molecule has 1 heterocycles. The van der Waals surface area contributed by atoms with Gasteiger partial charge in [0.15, 0.2) is 0 Å². The van der Waals surface area contributed by atoms with Crippen molar-refractivity contribution in [2.75, 3.05) is 37.6 Å². The number of halogens is 3. The van der Waals surface area contributed by atoms with Crippen molar-refractivity contribution in [1.82, 2.24) is 4.90 Å². The van der Waals surface area contributed by atoms with E-state index in [9.17, 15) is 18.0 Å². The SMILES string of the molecule is NC(=O)CCCN1CCN(c2cccc(C(F)(F)F)c2)CC1. The van der Waals surface area contributed by atoms with Gasteiger partial charge in [-0.1, -0.05) is 6.07 Å². The Labute approximate surface area is 127 Å². The Bertz CT molecular complexity index is 511. The molecule has 0 atom stereocenters. The quantitative estimate of drug-likeness (QED) is 0.905. The van der Waals surface area contributed by atoms with E-state index in [0.717, 1.165) is 32.1 Å². The summed E-state index contributed by atoms with van der Waals surface area (Å²) in [5, 5.41) is 0. The number of hydrogen-bond acceptors (Lipinski definition) is 3. The van der Waals surface area contributed by atoms with E-state index >= 15 is 0 Å². The van der Waals surface area contributed by atoms with Gasteiger partial charge < -0.3 is 10.6 Å². The second-order valence-electron chi connectivity index (χ2n) is 5.45. The lowest BCUT2D eigenvalue weighted by atomic mass is 10.1. The Morgan fingerprint density at radius 2 is 1.86 bits per heavy atom. The number of anilines is 1. The minimum Gasteiger partial charge on any atom is -0.370 e. The van der Waals surface area contributed by atoms with Crippen LogP contribution in [0.2, 0.25) is 0 Å².